The lowest BCUT2D eigenvalue weighted by molar-refractivity contribution is -0.342. The van der Waals surface area contributed by atoms with Gasteiger partial charge in [0, 0.05) is 31.1 Å². The molecule has 0 amide bonds. The molecule has 1 aliphatic carbocycles. The zero-order valence-electron chi connectivity index (χ0n) is 26.3. The van der Waals surface area contributed by atoms with E-state index in [0.29, 0.717) is 36.8 Å². The van der Waals surface area contributed by atoms with Crippen molar-refractivity contribution in [1.29, 1.82) is 0 Å². The minimum Gasteiger partial charge on any atom is -0.462 e. The molecule has 1 spiro atoms. The highest BCUT2D eigenvalue weighted by atomic mass is 16.7. The summed E-state index contributed by atoms with van der Waals surface area (Å²) in [6.45, 7) is 11.5. The zero-order chi connectivity index (χ0) is 31.3. The first-order chi connectivity index (χ1) is 20.3. The van der Waals surface area contributed by atoms with Gasteiger partial charge in [-0.1, -0.05) is 51.2 Å². The first kappa shape index (κ1) is 32.5. The normalized spacial score (nSPS) is 47.3. The van der Waals surface area contributed by atoms with Crippen molar-refractivity contribution in [3.8, 4) is 0 Å². The van der Waals surface area contributed by atoms with Gasteiger partial charge in [0.1, 0.15) is 29.8 Å². The molecule has 3 fully saturated rings. The Morgan fingerprint density at radius 1 is 1.05 bits per heavy atom. The van der Waals surface area contributed by atoms with Gasteiger partial charge in [-0.05, 0) is 56.3 Å². The lowest BCUT2D eigenvalue weighted by atomic mass is 9.71. The van der Waals surface area contributed by atoms with Crippen LogP contribution in [0.15, 0.2) is 47.1 Å². The summed E-state index contributed by atoms with van der Waals surface area (Å²) in [4.78, 5) is 14.0. The Morgan fingerprint density at radius 2 is 1.79 bits per heavy atom. The highest BCUT2D eigenvalue weighted by molar-refractivity contribution is 5.78. The number of carbonyl (C=O) groups excluding carboxylic acids is 1. The molecular formula is C34H50O9. The topological polar surface area (TPSA) is 135 Å². The maximum atomic E-state index is 14.0. The van der Waals surface area contributed by atoms with Gasteiger partial charge in [-0.2, -0.15) is 0 Å². The molecule has 4 aliphatic heterocycles. The molecule has 4 N–H and O–H groups in total. The van der Waals surface area contributed by atoms with E-state index in [-0.39, 0.29) is 36.6 Å². The molecule has 4 heterocycles. The number of carbonyl (C=O) groups is 1. The van der Waals surface area contributed by atoms with Crippen molar-refractivity contribution in [2.24, 2.45) is 23.7 Å². The molecule has 3 saturated heterocycles. The molecule has 9 heteroatoms. The second-order valence-electron chi connectivity index (χ2n) is 13.8. The van der Waals surface area contributed by atoms with Gasteiger partial charge in [0.15, 0.2) is 5.79 Å². The predicted octanol–water partition coefficient (Wildman–Crippen LogP) is 3.50. The minimum atomic E-state index is -1.79. The SMILES string of the molecule is CC1=C[C@H]2C(=O)O[C@H]3C[C@@H](C/C=C(/C)[C@@H](O)[C@@H](C)/C=C\C=C4CO[C@H]([C@@H]1O)[C@@]42O)O[C@@]1(CC[C@H](C)[C@@H]([C@@H](C)[C@@H](C)O)O1)C3. The Morgan fingerprint density at radius 3 is 2.51 bits per heavy atom. The molecular weight excluding hydrogens is 552 g/mol. The van der Waals surface area contributed by atoms with Gasteiger partial charge in [0.25, 0.3) is 0 Å². The van der Waals surface area contributed by atoms with Gasteiger partial charge >= 0.3 is 5.97 Å². The lowest BCUT2D eigenvalue weighted by Gasteiger charge is -2.51. The van der Waals surface area contributed by atoms with Crippen molar-refractivity contribution < 1.29 is 44.2 Å². The Bertz CT molecular complexity index is 1170. The first-order valence-electron chi connectivity index (χ1n) is 15.9. The largest absolute Gasteiger partial charge is 0.462 e. The van der Waals surface area contributed by atoms with E-state index in [1.165, 1.54) is 0 Å². The van der Waals surface area contributed by atoms with E-state index in [1.807, 2.05) is 32.9 Å². The van der Waals surface area contributed by atoms with Gasteiger partial charge in [-0.15, -0.1) is 0 Å². The predicted molar refractivity (Wildman–Crippen MR) is 160 cm³/mol. The molecule has 0 unspecified atom stereocenters. The summed E-state index contributed by atoms with van der Waals surface area (Å²) in [5, 5.41) is 44.4. The summed E-state index contributed by atoms with van der Waals surface area (Å²) in [5.41, 5.74) is 0.0410. The molecule has 13 atom stereocenters. The smallest absolute Gasteiger partial charge is 0.316 e. The first-order valence-corrected chi connectivity index (χ1v) is 15.9. The maximum Gasteiger partial charge on any atom is 0.316 e. The third kappa shape index (κ3) is 6.19. The van der Waals surface area contributed by atoms with Crippen molar-refractivity contribution in [1.82, 2.24) is 0 Å². The van der Waals surface area contributed by atoms with Crippen LogP contribution in [0.4, 0.5) is 0 Å². The fourth-order valence-electron chi connectivity index (χ4n) is 7.54. The fraction of sp³-hybridized carbons (Fsp3) is 0.735. The van der Waals surface area contributed by atoms with Crippen LogP contribution >= 0.6 is 0 Å². The van der Waals surface area contributed by atoms with Gasteiger partial charge in [-0.25, -0.2) is 0 Å². The second kappa shape index (κ2) is 12.5. The number of allylic oxidation sites excluding steroid dienone is 2. The standard InChI is InChI=1S/C34H50O9/c1-18-8-7-9-24-17-40-31-29(37)21(4)14-27(34(24,31)39)32(38)41-26-15-25(11-10-19(2)28(18)36)42-33(16-26)13-12-20(3)30(43-33)22(5)23(6)35/h7-10,14,18,20,22-23,25-31,35-37,39H,11-13,15-17H2,1-6H3/b8-7-,19-10-,24-9?/t18-,20-,22-,23+,25+,26-,27-,28-,29+,30-,31+,33+,34+/m0/s1. The number of hydrogen-bond acceptors (Lipinski definition) is 9. The van der Waals surface area contributed by atoms with Crippen molar-refractivity contribution in [2.75, 3.05) is 6.61 Å². The molecule has 2 bridgehead atoms. The van der Waals surface area contributed by atoms with E-state index in [0.717, 1.165) is 12.0 Å². The molecule has 0 aromatic rings. The molecule has 0 radical (unpaired) electrons. The van der Waals surface area contributed by atoms with Gasteiger partial charge in [0.2, 0.25) is 0 Å². The van der Waals surface area contributed by atoms with Crippen molar-refractivity contribution in [3.63, 3.8) is 0 Å². The number of ether oxygens (including phenoxy) is 4. The van der Waals surface area contributed by atoms with Crippen LogP contribution in [0, 0.1) is 23.7 Å². The molecule has 0 saturated carbocycles. The quantitative estimate of drug-likeness (QED) is 0.277. The third-order valence-corrected chi connectivity index (χ3v) is 10.6. The molecule has 43 heavy (non-hydrogen) atoms. The number of fused-ring (bicyclic) bond motifs is 2. The average Bonchev–Trinajstić information content (AvgIpc) is 3.30. The molecule has 5 rings (SSSR count). The van der Waals surface area contributed by atoms with E-state index in [2.05, 4.69) is 6.92 Å². The van der Waals surface area contributed by atoms with Crippen LogP contribution in [0.1, 0.15) is 73.6 Å². The highest BCUT2D eigenvalue weighted by Gasteiger charge is 2.60. The van der Waals surface area contributed by atoms with Crippen LogP contribution in [0.5, 0.6) is 0 Å². The van der Waals surface area contributed by atoms with Crippen molar-refractivity contribution >= 4 is 5.97 Å². The Balaban J connectivity index is 1.53. The van der Waals surface area contributed by atoms with Gasteiger partial charge in [0.05, 0.1) is 31.0 Å². The summed E-state index contributed by atoms with van der Waals surface area (Å²) in [6.07, 6.45) is 7.17. The van der Waals surface area contributed by atoms with Crippen LogP contribution in [-0.2, 0) is 23.7 Å². The molecule has 0 aromatic carbocycles. The summed E-state index contributed by atoms with van der Waals surface area (Å²) in [5.74, 6) is -2.76. The summed E-state index contributed by atoms with van der Waals surface area (Å²) in [6, 6.07) is 0. The van der Waals surface area contributed by atoms with Crippen LogP contribution in [0.3, 0.4) is 0 Å². The van der Waals surface area contributed by atoms with Crippen molar-refractivity contribution in [2.45, 2.75) is 128 Å². The molecule has 240 valence electrons. The van der Waals surface area contributed by atoms with Crippen LogP contribution in [0.2, 0.25) is 0 Å². The Labute approximate surface area is 255 Å². The summed E-state index contributed by atoms with van der Waals surface area (Å²) < 4.78 is 25.5. The number of aliphatic hydroxyl groups excluding tert-OH is 3. The summed E-state index contributed by atoms with van der Waals surface area (Å²) >= 11 is 0. The Kier molecular flexibility index (Phi) is 9.46. The Hall–Kier alpha value is -1.85. The fourth-order valence-corrected chi connectivity index (χ4v) is 7.54. The third-order valence-electron chi connectivity index (χ3n) is 10.6. The second-order valence-corrected chi connectivity index (χ2v) is 13.8. The van der Waals surface area contributed by atoms with Crippen LogP contribution in [-0.4, -0.2) is 87.1 Å². The zero-order valence-corrected chi connectivity index (χ0v) is 26.3. The molecule has 5 aliphatic rings. The van der Waals surface area contributed by atoms with Crippen LogP contribution in [0.25, 0.3) is 0 Å². The molecule has 9 nitrogen and oxygen atoms in total. The number of hydrogen-bond donors (Lipinski definition) is 4. The number of aliphatic hydroxyl groups is 4. The van der Waals surface area contributed by atoms with E-state index in [9.17, 15) is 25.2 Å². The maximum absolute atomic E-state index is 14.0. The van der Waals surface area contributed by atoms with E-state index in [4.69, 9.17) is 18.9 Å². The summed E-state index contributed by atoms with van der Waals surface area (Å²) in [7, 11) is 0. The number of esters is 1. The van der Waals surface area contributed by atoms with E-state index >= 15 is 0 Å². The average molecular weight is 603 g/mol. The van der Waals surface area contributed by atoms with Crippen LogP contribution < -0.4 is 0 Å². The molecule has 0 aromatic heterocycles. The highest BCUT2D eigenvalue weighted by Crippen LogP contribution is 2.48. The van der Waals surface area contributed by atoms with E-state index < -0.39 is 53.8 Å². The lowest BCUT2D eigenvalue weighted by Crippen LogP contribution is -2.58. The minimum absolute atomic E-state index is 0.0562. The number of rotatable bonds is 2. The van der Waals surface area contributed by atoms with Crippen molar-refractivity contribution in [3.05, 3.63) is 47.1 Å². The van der Waals surface area contributed by atoms with E-state index in [1.54, 1.807) is 32.1 Å². The monoisotopic (exact) mass is 602 g/mol. The van der Waals surface area contributed by atoms with Gasteiger partial charge in [-0.3, -0.25) is 4.79 Å². The van der Waals surface area contributed by atoms with Gasteiger partial charge < -0.3 is 39.4 Å².